The molecule has 0 spiro atoms. The topological polar surface area (TPSA) is 124 Å². The zero-order valence-electron chi connectivity index (χ0n) is 16.8. The van der Waals surface area contributed by atoms with Crippen molar-refractivity contribution in [3.8, 4) is 5.88 Å². The molecule has 1 aliphatic heterocycles. The second kappa shape index (κ2) is 8.87. The first-order valence-electron chi connectivity index (χ1n) is 10.3. The zero-order chi connectivity index (χ0) is 20.2. The van der Waals surface area contributed by atoms with E-state index in [-0.39, 0.29) is 12.1 Å². The zero-order valence-corrected chi connectivity index (χ0v) is 16.8. The van der Waals surface area contributed by atoms with E-state index in [0.29, 0.717) is 23.6 Å². The molecule has 0 bridgehead atoms. The summed E-state index contributed by atoms with van der Waals surface area (Å²) in [5, 5.41) is 15.4. The van der Waals surface area contributed by atoms with Crippen molar-refractivity contribution >= 4 is 17.9 Å². The van der Waals surface area contributed by atoms with Crippen LogP contribution in [0.2, 0.25) is 0 Å². The fraction of sp³-hybridized carbons (Fsp3) is 0.600. The van der Waals surface area contributed by atoms with E-state index < -0.39 is 0 Å². The van der Waals surface area contributed by atoms with Crippen LogP contribution in [0.4, 0.5) is 11.6 Å². The third kappa shape index (κ3) is 4.73. The smallest absolute Gasteiger partial charge is 0.231 e. The highest BCUT2D eigenvalue weighted by Gasteiger charge is 2.22. The lowest BCUT2D eigenvalue weighted by atomic mass is 9.94. The van der Waals surface area contributed by atoms with Gasteiger partial charge in [0.15, 0.2) is 0 Å². The molecule has 2 aromatic rings. The predicted molar refractivity (Wildman–Crippen MR) is 110 cm³/mol. The molecule has 0 unspecified atom stereocenters. The number of nitrogens with two attached hydrogens (primary N) is 1. The standard InChI is InChI=1S/C20H29N7O2/c1-13-18(10-21)25-20(26-19(13)29-17-4-2-14(22)3-5-17)24-15-11-23-27(12-15)16-6-8-28-9-7-16/h10-12,14,16-17,21H,2-9,22H2,1H3,(H,24,25,26). The fourth-order valence-electron chi connectivity index (χ4n) is 3.87. The highest BCUT2D eigenvalue weighted by Crippen LogP contribution is 2.27. The van der Waals surface area contributed by atoms with Gasteiger partial charge in [0.1, 0.15) is 6.10 Å². The van der Waals surface area contributed by atoms with Crippen molar-refractivity contribution in [2.45, 2.75) is 63.6 Å². The molecule has 156 valence electrons. The summed E-state index contributed by atoms with van der Waals surface area (Å²) < 4.78 is 13.6. The number of aromatic nitrogens is 4. The van der Waals surface area contributed by atoms with Gasteiger partial charge < -0.3 is 25.9 Å². The average Bonchev–Trinajstić information content (AvgIpc) is 3.21. The van der Waals surface area contributed by atoms with E-state index in [1.807, 2.05) is 17.8 Å². The van der Waals surface area contributed by atoms with Crippen molar-refractivity contribution in [3.63, 3.8) is 0 Å². The van der Waals surface area contributed by atoms with Gasteiger partial charge in [-0.2, -0.15) is 10.1 Å². The van der Waals surface area contributed by atoms with Gasteiger partial charge in [-0.25, -0.2) is 4.98 Å². The van der Waals surface area contributed by atoms with E-state index in [4.69, 9.17) is 20.6 Å². The molecule has 1 saturated heterocycles. The van der Waals surface area contributed by atoms with Crippen molar-refractivity contribution < 1.29 is 9.47 Å². The van der Waals surface area contributed by atoms with Gasteiger partial charge in [0, 0.05) is 37.2 Å². The summed E-state index contributed by atoms with van der Waals surface area (Å²) in [6.07, 6.45) is 10.8. The molecule has 4 N–H and O–H groups in total. The monoisotopic (exact) mass is 399 g/mol. The van der Waals surface area contributed by atoms with Gasteiger partial charge >= 0.3 is 0 Å². The molecule has 1 saturated carbocycles. The van der Waals surface area contributed by atoms with E-state index in [1.165, 1.54) is 6.21 Å². The fourth-order valence-corrected chi connectivity index (χ4v) is 3.87. The van der Waals surface area contributed by atoms with Crippen LogP contribution in [0.3, 0.4) is 0 Å². The van der Waals surface area contributed by atoms with Gasteiger partial charge in [-0.1, -0.05) is 0 Å². The van der Waals surface area contributed by atoms with Crippen LogP contribution in [-0.2, 0) is 4.74 Å². The minimum Gasteiger partial charge on any atom is -0.474 e. The summed E-state index contributed by atoms with van der Waals surface area (Å²) in [5.74, 6) is 0.932. The molecule has 0 atom stereocenters. The first-order valence-corrected chi connectivity index (χ1v) is 10.3. The van der Waals surface area contributed by atoms with Gasteiger partial charge in [0.2, 0.25) is 11.8 Å². The third-order valence-corrected chi connectivity index (χ3v) is 5.70. The van der Waals surface area contributed by atoms with Gasteiger partial charge in [-0.3, -0.25) is 4.68 Å². The molecule has 0 radical (unpaired) electrons. The summed E-state index contributed by atoms with van der Waals surface area (Å²) >= 11 is 0. The Morgan fingerprint density at radius 2 is 1.97 bits per heavy atom. The highest BCUT2D eigenvalue weighted by molar-refractivity contribution is 5.78. The van der Waals surface area contributed by atoms with Crippen LogP contribution >= 0.6 is 0 Å². The minimum atomic E-state index is 0.103. The molecular formula is C20H29N7O2. The first-order chi connectivity index (χ1) is 14.1. The summed E-state index contributed by atoms with van der Waals surface area (Å²) in [7, 11) is 0. The summed E-state index contributed by atoms with van der Waals surface area (Å²) in [6.45, 7) is 3.42. The Morgan fingerprint density at radius 1 is 1.21 bits per heavy atom. The molecule has 4 rings (SSSR count). The summed E-state index contributed by atoms with van der Waals surface area (Å²) in [5.41, 5.74) is 8.13. The maximum absolute atomic E-state index is 7.70. The minimum absolute atomic E-state index is 0.103. The van der Waals surface area contributed by atoms with Crippen molar-refractivity contribution in [1.82, 2.24) is 19.7 Å². The van der Waals surface area contributed by atoms with Gasteiger partial charge in [-0.05, 0) is 45.4 Å². The molecule has 2 fully saturated rings. The molecule has 1 aliphatic carbocycles. The third-order valence-electron chi connectivity index (χ3n) is 5.70. The number of ether oxygens (including phenoxy) is 2. The van der Waals surface area contributed by atoms with E-state index >= 15 is 0 Å². The Hall–Kier alpha value is -2.52. The van der Waals surface area contributed by atoms with Crippen LogP contribution in [-0.4, -0.2) is 51.3 Å². The maximum Gasteiger partial charge on any atom is 0.231 e. The Bertz CT molecular complexity index is 839. The van der Waals surface area contributed by atoms with E-state index in [1.54, 1.807) is 6.20 Å². The second-order valence-electron chi connectivity index (χ2n) is 7.84. The van der Waals surface area contributed by atoms with Crippen molar-refractivity contribution in [2.24, 2.45) is 5.73 Å². The molecule has 2 aromatic heterocycles. The van der Waals surface area contributed by atoms with E-state index in [9.17, 15) is 0 Å². The first kappa shape index (κ1) is 19.8. The molecule has 29 heavy (non-hydrogen) atoms. The number of hydrogen-bond acceptors (Lipinski definition) is 8. The molecule has 9 heteroatoms. The Morgan fingerprint density at radius 3 is 2.69 bits per heavy atom. The quantitative estimate of drug-likeness (QED) is 0.638. The lowest BCUT2D eigenvalue weighted by molar-refractivity contribution is 0.0662. The SMILES string of the molecule is Cc1c(C=N)nc(Nc2cnn(C3CCOCC3)c2)nc1OC1CCC(N)CC1. The van der Waals surface area contributed by atoms with Crippen LogP contribution in [0.15, 0.2) is 12.4 Å². The number of anilines is 2. The van der Waals surface area contributed by atoms with Crippen molar-refractivity contribution in [1.29, 1.82) is 5.41 Å². The van der Waals surface area contributed by atoms with Crippen LogP contribution in [0.25, 0.3) is 0 Å². The molecule has 2 aliphatic rings. The molecule has 9 nitrogen and oxygen atoms in total. The second-order valence-corrected chi connectivity index (χ2v) is 7.84. The average molecular weight is 399 g/mol. The van der Waals surface area contributed by atoms with Crippen LogP contribution in [0, 0.1) is 12.3 Å². The lowest BCUT2D eigenvalue weighted by Crippen LogP contribution is -2.32. The van der Waals surface area contributed by atoms with E-state index in [0.717, 1.165) is 63.0 Å². The van der Waals surface area contributed by atoms with E-state index in [2.05, 4.69) is 20.4 Å². The van der Waals surface area contributed by atoms with Gasteiger partial charge in [-0.15, -0.1) is 0 Å². The molecule has 0 amide bonds. The Balaban J connectivity index is 1.49. The number of nitrogens with zero attached hydrogens (tertiary/aromatic N) is 4. The molecule has 3 heterocycles. The number of rotatable bonds is 6. The Labute approximate surface area is 170 Å². The summed E-state index contributed by atoms with van der Waals surface area (Å²) in [6, 6.07) is 0.620. The predicted octanol–water partition coefficient (Wildman–Crippen LogP) is 2.72. The molecular weight excluding hydrogens is 370 g/mol. The Kier molecular flexibility index (Phi) is 6.05. The maximum atomic E-state index is 7.70. The van der Waals surface area contributed by atoms with Gasteiger partial charge in [0.25, 0.3) is 0 Å². The molecule has 0 aromatic carbocycles. The highest BCUT2D eigenvalue weighted by atomic mass is 16.5. The summed E-state index contributed by atoms with van der Waals surface area (Å²) in [4.78, 5) is 9.03. The number of hydrogen-bond donors (Lipinski definition) is 3. The van der Waals surface area contributed by atoms with Gasteiger partial charge in [0.05, 0.1) is 23.6 Å². The van der Waals surface area contributed by atoms with Crippen LogP contribution in [0.5, 0.6) is 5.88 Å². The van der Waals surface area contributed by atoms with Crippen molar-refractivity contribution in [2.75, 3.05) is 18.5 Å². The van der Waals surface area contributed by atoms with Crippen LogP contribution < -0.4 is 15.8 Å². The largest absolute Gasteiger partial charge is 0.474 e. The van der Waals surface area contributed by atoms with Crippen molar-refractivity contribution in [3.05, 3.63) is 23.7 Å². The normalized spacial score (nSPS) is 23.0. The van der Waals surface area contributed by atoms with Crippen LogP contribution in [0.1, 0.15) is 55.8 Å². The number of nitrogens with one attached hydrogen (secondary N) is 2. The lowest BCUT2D eigenvalue weighted by Gasteiger charge is -2.27.